The largest absolute Gasteiger partial charge is 0.257 e. The van der Waals surface area contributed by atoms with Gasteiger partial charge in [0.15, 0.2) is 0 Å². The Morgan fingerprint density at radius 2 is 1.69 bits per heavy atom. The quantitative estimate of drug-likeness (QED) is 0.699. The fraction of sp³-hybridized carbons (Fsp3) is 0.636. The molecule has 13 heavy (non-hydrogen) atoms. The van der Waals surface area contributed by atoms with Crippen LogP contribution < -0.4 is 0 Å². The van der Waals surface area contributed by atoms with E-state index < -0.39 is 0 Å². The Bertz CT molecular complexity index is 299. The average Bonchev–Trinajstić information content (AvgIpc) is 2.08. The minimum Gasteiger partial charge on any atom is -0.257 e. The Morgan fingerprint density at radius 3 is 2.15 bits per heavy atom. The summed E-state index contributed by atoms with van der Waals surface area (Å²) in [5.41, 5.74) is 2.72. The van der Waals surface area contributed by atoms with Gasteiger partial charge in [0, 0.05) is 6.17 Å². The number of rotatable bonds is 2. The summed E-state index contributed by atoms with van der Waals surface area (Å²) in [6, 6.07) is 0. The lowest BCUT2D eigenvalue weighted by molar-refractivity contribution is 0.720. The highest BCUT2D eigenvalue weighted by Crippen LogP contribution is 2.21. The molecule has 2 nitrogen and oxygen atoms in total. The standard InChI is InChI=1S/C11H18N2/c1-7(2)10-11(8(3)4)13-9(5)6-12-10/h6-8H,1-5H3/i6T. The van der Waals surface area contributed by atoms with Gasteiger partial charge in [-0.15, -0.1) is 0 Å². The molecule has 0 saturated heterocycles. The van der Waals surface area contributed by atoms with Crippen LogP contribution in [-0.4, -0.2) is 9.97 Å². The van der Waals surface area contributed by atoms with Gasteiger partial charge in [-0.1, -0.05) is 27.7 Å². The molecule has 0 fully saturated rings. The van der Waals surface area contributed by atoms with E-state index in [0.717, 1.165) is 17.1 Å². The topological polar surface area (TPSA) is 25.8 Å². The Balaban J connectivity index is 3.31. The van der Waals surface area contributed by atoms with Crippen LogP contribution in [0.4, 0.5) is 0 Å². The van der Waals surface area contributed by atoms with E-state index >= 15 is 0 Å². The van der Waals surface area contributed by atoms with Gasteiger partial charge in [-0.3, -0.25) is 9.97 Å². The zero-order valence-corrected chi connectivity index (χ0v) is 9.05. The molecule has 1 heterocycles. The highest BCUT2D eigenvalue weighted by molar-refractivity contribution is 5.19. The second-order valence-corrected chi connectivity index (χ2v) is 4.00. The van der Waals surface area contributed by atoms with Crippen LogP contribution in [0.2, 0.25) is 0 Å². The normalized spacial score (nSPS) is 12.4. The molecular formula is C11H18N2. The number of aryl methyl sites for hydroxylation is 1. The highest BCUT2D eigenvalue weighted by atomic mass is 14.8. The Hall–Kier alpha value is -0.920. The van der Waals surface area contributed by atoms with Crippen molar-refractivity contribution in [3.63, 3.8) is 0 Å². The van der Waals surface area contributed by atoms with Gasteiger partial charge in [0.1, 0.15) is 0 Å². The lowest BCUT2D eigenvalue weighted by Gasteiger charge is -2.13. The van der Waals surface area contributed by atoms with Gasteiger partial charge in [0.2, 0.25) is 0 Å². The smallest absolute Gasteiger partial charge is 0.0860 e. The number of nitrogens with zero attached hydrogens (tertiary/aromatic N) is 2. The van der Waals surface area contributed by atoms with E-state index in [9.17, 15) is 0 Å². The molecule has 0 aliphatic rings. The summed E-state index contributed by atoms with van der Waals surface area (Å²) in [6.07, 6.45) is 0.304. The van der Waals surface area contributed by atoms with Crippen molar-refractivity contribution in [3.8, 4) is 0 Å². The van der Waals surface area contributed by atoms with Gasteiger partial charge in [0.05, 0.1) is 18.5 Å². The van der Waals surface area contributed by atoms with Crippen LogP contribution in [0, 0.1) is 6.92 Å². The maximum atomic E-state index is 7.62. The molecule has 0 amide bonds. The maximum absolute atomic E-state index is 7.62. The zero-order valence-electron chi connectivity index (χ0n) is 10.0. The van der Waals surface area contributed by atoms with Gasteiger partial charge in [-0.05, 0) is 18.8 Å². The lowest BCUT2D eigenvalue weighted by atomic mass is 10.0. The van der Waals surface area contributed by atoms with E-state index in [4.69, 9.17) is 1.37 Å². The summed E-state index contributed by atoms with van der Waals surface area (Å²) in [6.45, 7) is 10.2. The van der Waals surface area contributed by atoms with Crippen LogP contribution in [0.15, 0.2) is 6.17 Å². The Labute approximate surface area is 81.8 Å². The maximum Gasteiger partial charge on any atom is 0.0860 e. The molecule has 0 N–H and O–H groups in total. The summed E-state index contributed by atoms with van der Waals surface area (Å²) in [5.74, 6) is 0.712. The fourth-order valence-electron chi connectivity index (χ4n) is 1.31. The molecule has 0 bridgehead atoms. The minimum atomic E-state index is 0.304. The van der Waals surface area contributed by atoms with Crippen LogP contribution in [0.3, 0.4) is 0 Å². The number of hydrogen-bond donors (Lipinski definition) is 0. The molecule has 0 unspecified atom stereocenters. The van der Waals surface area contributed by atoms with Gasteiger partial charge >= 0.3 is 0 Å². The van der Waals surface area contributed by atoms with Crippen molar-refractivity contribution >= 4 is 0 Å². The molecule has 0 radical (unpaired) electrons. The molecule has 1 aromatic rings. The molecule has 72 valence electrons. The lowest BCUT2D eigenvalue weighted by Crippen LogP contribution is -2.05. The van der Waals surface area contributed by atoms with Gasteiger partial charge in [-0.2, -0.15) is 0 Å². The molecule has 0 aliphatic carbocycles. The third kappa shape index (κ3) is 2.27. The SMILES string of the molecule is [3H]c1nc(C(C)C)c(C(C)C)nc1C. The predicted molar refractivity (Wildman–Crippen MR) is 54.9 cm³/mol. The molecule has 1 aromatic heterocycles. The van der Waals surface area contributed by atoms with Crippen molar-refractivity contribution in [1.29, 1.82) is 0 Å². The fourth-order valence-corrected chi connectivity index (χ4v) is 1.31. The minimum absolute atomic E-state index is 0.304. The Morgan fingerprint density at radius 1 is 1.15 bits per heavy atom. The first-order chi connectivity index (χ1) is 6.43. The summed E-state index contributed by atoms with van der Waals surface area (Å²) < 4.78 is 7.62. The third-order valence-electron chi connectivity index (χ3n) is 1.98. The van der Waals surface area contributed by atoms with E-state index in [-0.39, 0.29) is 0 Å². The van der Waals surface area contributed by atoms with E-state index in [2.05, 4.69) is 37.7 Å². The predicted octanol–water partition coefficient (Wildman–Crippen LogP) is 3.03. The van der Waals surface area contributed by atoms with Crippen LogP contribution in [-0.2, 0) is 0 Å². The van der Waals surface area contributed by atoms with Gasteiger partial charge < -0.3 is 0 Å². The summed E-state index contributed by atoms with van der Waals surface area (Å²) >= 11 is 0. The molecule has 0 aliphatic heterocycles. The second kappa shape index (κ2) is 3.86. The van der Waals surface area contributed by atoms with E-state index in [1.165, 1.54) is 0 Å². The molecule has 2 heteroatoms. The molecule has 0 spiro atoms. The molecule has 0 aromatic carbocycles. The summed E-state index contributed by atoms with van der Waals surface area (Å²) in [7, 11) is 0. The number of hydrogen-bond acceptors (Lipinski definition) is 2. The molecule has 0 saturated carbocycles. The van der Waals surface area contributed by atoms with Crippen LogP contribution >= 0.6 is 0 Å². The van der Waals surface area contributed by atoms with Crippen molar-refractivity contribution in [2.24, 2.45) is 0 Å². The van der Waals surface area contributed by atoms with Gasteiger partial charge in [0.25, 0.3) is 0 Å². The van der Waals surface area contributed by atoms with E-state index in [1.807, 2.05) is 6.92 Å². The van der Waals surface area contributed by atoms with Crippen molar-refractivity contribution in [2.45, 2.75) is 46.5 Å². The van der Waals surface area contributed by atoms with Crippen LogP contribution in [0.1, 0.15) is 58.0 Å². The highest BCUT2D eigenvalue weighted by Gasteiger charge is 2.12. The monoisotopic (exact) mass is 180 g/mol. The molecule has 1 rings (SSSR count). The summed E-state index contributed by atoms with van der Waals surface area (Å²) in [4.78, 5) is 8.74. The van der Waals surface area contributed by atoms with Crippen molar-refractivity contribution in [1.82, 2.24) is 9.97 Å². The first-order valence-electron chi connectivity index (χ1n) is 5.28. The third-order valence-corrected chi connectivity index (χ3v) is 1.98. The Kier molecular flexibility index (Phi) is 2.57. The molecular weight excluding hydrogens is 160 g/mol. The van der Waals surface area contributed by atoms with Crippen molar-refractivity contribution in [3.05, 3.63) is 23.3 Å². The second-order valence-electron chi connectivity index (χ2n) is 4.00. The van der Waals surface area contributed by atoms with E-state index in [1.54, 1.807) is 0 Å². The van der Waals surface area contributed by atoms with Crippen LogP contribution in [0.5, 0.6) is 0 Å². The molecule has 0 atom stereocenters. The number of aromatic nitrogens is 2. The first-order valence-corrected chi connectivity index (χ1v) is 4.78. The van der Waals surface area contributed by atoms with Gasteiger partial charge in [-0.25, -0.2) is 0 Å². The zero-order chi connectivity index (χ0) is 10.9. The van der Waals surface area contributed by atoms with Crippen molar-refractivity contribution < 1.29 is 1.37 Å². The van der Waals surface area contributed by atoms with E-state index in [0.29, 0.717) is 18.0 Å². The summed E-state index contributed by atoms with van der Waals surface area (Å²) in [5, 5.41) is 0. The van der Waals surface area contributed by atoms with Crippen molar-refractivity contribution in [2.75, 3.05) is 0 Å². The first kappa shape index (κ1) is 8.67. The average molecular weight is 180 g/mol. The van der Waals surface area contributed by atoms with Crippen LogP contribution in [0.25, 0.3) is 0 Å².